The third kappa shape index (κ3) is 3.47. The van der Waals surface area contributed by atoms with Crippen molar-refractivity contribution < 1.29 is 0 Å². The van der Waals surface area contributed by atoms with Gasteiger partial charge in [-0.25, -0.2) is 4.98 Å². The first-order valence-electron chi connectivity index (χ1n) is 5.57. The van der Waals surface area contributed by atoms with E-state index in [4.69, 9.17) is 0 Å². The van der Waals surface area contributed by atoms with Gasteiger partial charge in [-0.1, -0.05) is 6.42 Å². The second kappa shape index (κ2) is 5.87. The summed E-state index contributed by atoms with van der Waals surface area (Å²) in [4.78, 5) is 5.64. The summed E-state index contributed by atoms with van der Waals surface area (Å²) in [6.45, 7) is 4.23. The van der Waals surface area contributed by atoms with Gasteiger partial charge in [0.1, 0.15) is 0 Å². The van der Waals surface area contributed by atoms with E-state index in [1.807, 2.05) is 5.51 Å². The Balaban J connectivity index is 1.68. The maximum atomic E-state index is 4.26. The standard InChI is InChI=1S/C11H18N2S2/c1-9-11(15-8-13-9)7-12-6-10-4-2-3-5-14-10/h8,10,12H,2-7H2,1H3. The molecule has 1 saturated heterocycles. The zero-order valence-corrected chi connectivity index (χ0v) is 10.8. The van der Waals surface area contributed by atoms with Gasteiger partial charge in [-0.3, -0.25) is 0 Å². The SMILES string of the molecule is Cc1ncsc1CNCC1CCCCS1. The Hall–Kier alpha value is -0.0600. The Morgan fingerprint density at radius 3 is 3.13 bits per heavy atom. The van der Waals surface area contributed by atoms with Crippen LogP contribution in [0.15, 0.2) is 5.51 Å². The molecule has 0 bridgehead atoms. The van der Waals surface area contributed by atoms with Gasteiger partial charge >= 0.3 is 0 Å². The monoisotopic (exact) mass is 242 g/mol. The van der Waals surface area contributed by atoms with Crippen LogP contribution >= 0.6 is 23.1 Å². The van der Waals surface area contributed by atoms with Crippen LogP contribution in [0.5, 0.6) is 0 Å². The Labute approximate surface area is 99.9 Å². The fourth-order valence-electron chi connectivity index (χ4n) is 1.81. The van der Waals surface area contributed by atoms with Gasteiger partial charge in [-0.15, -0.1) is 11.3 Å². The highest BCUT2D eigenvalue weighted by Gasteiger charge is 2.13. The lowest BCUT2D eigenvalue weighted by Gasteiger charge is -2.21. The molecule has 0 radical (unpaired) electrons. The van der Waals surface area contributed by atoms with E-state index in [1.165, 1.54) is 35.6 Å². The number of aryl methyl sites for hydroxylation is 1. The van der Waals surface area contributed by atoms with Gasteiger partial charge in [0.15, 0.2) is 0 Å². The summed E-state index contributed by atoms with van der Waals surface area (Å²) in [6, 6.07) is 0. The van der Waals surface area contributed by atoms with E-state index < -0.39 is 0 Å². The fourth-order valence-corrected chi connectivity index (χ4v) is 3.83. The summed E-state index contributed by atoms with van der Waals surface area (Å²) in [7, 11) is 0. The number of hydrogen-bond acceptors (Lipinski definition) is 4. The van der Waals surface area contributed by atoms with Gasteiger partial charge in [0.05, 0.1) is 11.2 Å². The van der Waals surface area contributed by atoms with Crippen LogP contribution in [0.25, 0.3) is 0 Å². The number of rotatable bonds is 4. The molecule has 2 heterocycles. The van der Waals surface area contributed by atoms with Crippen LogP contribution < -0.4 is 5.32 Å². The highest BCUT2D eigenvalue weighted by molar-refractivity contribution is 7.99. The normalized spacial score (nSPS) is 21.8. The van der Waals surface area contributed by atoms with E-state index >= 15 is 0 Å². The van der Waals surface area contributed by atoms with Crippen molar-refractivity contribution in [3.8, 4) is 0 Å². The van der Waals surface area contributed by atoms with Gasteiger partial charge in [0.2, 0.25) is 0 Å². The number of hydrogen-bond donors (Lipinski definition) is 1. The second-order valence-electron chi connectivity index (χ2n) is 3.98. The molecule has 1 aromatic heterocycles. The molecule has 1 aliphatic rings. The lowest BCUT2D eigenvalue weighted by atomic mass is 10.2. The minimum absolute atomic E-state index is 0.840. The van der Waals surface area contributed by atoms with Crippen LogP contribution in [0.1, 0.15) is 29.8 Å². The topological polar surface area (TPSA) is 24.9 Å². The molecule has 1 atom stereocenters. The molecule has 1 N–H and O–H groups in total. The van der Waals surface area contributed by atoms with Crippen molar-refractivity contribution in [3.05, 3.63) is 16.1 Å². The number of thiazole rings is 1. The van der Waals surface area contributed by atoms with E-state index in [0.29, 0.717) is 0 Å². The summed E-state index contributed by atoms with van der Waals surface area (Å²) in [6.07, 6.45) is 4.22. The van der Waals surface area contributed by atoms with Crippen molar-refractivity contribution in [2.75, 3.05) is 12.3 Å². The zero-order chi connectivity index (χ0) is 10.5. The molecule has 0 aromatic carbocycles. The van der Waals surface area contributed by atoms with Crippen LogP contribution in [0.3, 0.4) is 0 Å². The molecule has 84 valence electrons. The first-order chi connectivity index (χ1) is 7.36. The molecule has 0 amide bonds. The van der Waals surface area contributed by atoms with Crippen LogP contribution in [0.2, 0.25) is 0 Å². The molecule has 1 aliphatic heterocycles. The molecule has 2 rings (SSSR count). The summed E-state index contributed by atoms with van der Waals surface area (Å²) >= 11 is 3.89. The van der Waals surface area contributed by atoms with Crippen molar-refractivity contribution in [3.63, 3.8) is 0 Å². The van der Waals surface area contributed by atoms with Crippen molar-refractivity contribution >= 4 is 23.1 Å². The maximum Gasteiger partial charge on any atom is 0.0798 e. The number of aromatic nitrogens is 1. The highest BCUT2D eigenvalue weighted by Crippen LogP contribution is 2.24. The fraction of sp³-hybridized carbons (Fsp3) is 0.727. The number of nitrogens with one attached hydrogen (secondary N) is 1. The predicted octanol–water partition coefficient (Wildman–Crippen LogP) is 2.83. The highest BCUT2D eigenvalue weighted by atomic mass is 32.2. The third-order valence-corrected chi connectivity index (χ3v) is 5.11. The molecule has 15 heavy (non-hydrogen) atoms. The van der Waals surface area contributed by atoms with Gasteiger partial charge in [-0.2, -0.15) is 11.8 Å². The van der Waals surface area contributed by atoms with E-state index in [-0.39, 0.29) is 0 Å². The van der Waals surface area contributed by atoms with Crippen LogP contribution in [0.4, 0.5) is 0 Å². The number of nitrogens with zero attached hydrogens (tertiary/aromatic N) is 1. The summed E-state index contributed by atoms with van der Waals surface area (Å²) in [5, 5.41) is 4.39. The van der Waals surface area contributed by atoms with E-state index in [1.54, 1.807) is 11.3 Å². The molecule has 0 spiro atoms. The Morgan fingerprint density at radius 1 is 1.53 bits per heavy atom. The van der Waals surface area contributed by atoms with Gasteiger partial charge < -0.3 is 5.32 Å². The van der Waals surface area contributed by atoms with Crippen molar-refractivity contribution in [2.24, 2.45) is 0 Å². The Bertz CT molecular complexity index is 293. The average molecular weight is 242 g/mol. The Morgan fingerprint density at radius 2 is 2.47 bits per heavy atom. The minimum atomic E-state index is 0.840. The molecule has 0 saturated carbocycles. The van der Waals surface area contributed by atoms with E-state index in [9.17, 15) is 0 Å². The molecule has 1 aromatic rings. The van der Waals surface area contributed by atoms with Crippen molar-refractivity contribution in [2.45, 2.75) is 38.0 Å². The van der Waals surface area contributed by atoms with E-state index in [2.05, 4.69) is 29.0 Å². The molecule has 0 aliphatic carbocycles. The quantitative estimate of drug-likeness (QED) is 0.879. The summed E-state index contributed by atoms with van der Waals surface area (Å²) in [5.74, 6) is 1.35. The second-order valence-corrected chi connectivity index (χ2v) is 6.33. The number of thioether (sulfide) groups is 1. The largest absolute Gasteiger partial charge is 0.311 e. The van der Waals surface area contributed by atoms with E-state index in [0.717, 1.165) is 18.3 Å². The van der Waals surface area contributed by atoms with Crippen LogP contribution in [-0.4, -0.2) is 22.5 Å². The minimum Gasteiger partial charge on any atom is -0.311 e. The zero-order valence-electron chi connectivity index (χ0n) is 9.16. The molecule has 4 heteroatoms. The Kier molecular flexibility index (Phi) is 4.47. The molecule has 1 fully saturated rings. The van der Waals surface area contributed by atoms with Gasteiger partial charge in [0.25, 0.3) is 0 Å². The first kappa shape index (κ1) is 11.4. The molecule has 1 unspecified atom stereocenters. The predicted molar refractivity (Wildman–Crippen MR) is 68.7 cm³/mol. The van der Waals surface area contributed by atoms with Gasteiger partial charge in [-0.05, 0) is 25.5 Å². The average Bonchev–Trinajstić information content (AvgIpc) is 2.66. The van der Waals surface area contributed by atoms with Gasteiger partial charge in [0, 0.05) is 23.2 Å². The summed E-state index contributed by atoms with van der Waals surface area (Å²) < 4.78 is 0. The van der Waals surface area contributed by atoms with Crippen LogP contribution in [0, 0.1) is 6.92 Å². The van der Waals surface area contributed by atoms with Crippen molar-refractivity contribution in [1.29, 1.82) is 0 Å². The lowest BCUT2D eigenvalue weighted by molar-refractivity contribution is 0.599. The van der Waals surface area contributed by atoms with Crippen LogP contribution in [-0.2, 0) is 6.54 Å². The maximum absolute atomic E-state index is 4.26. The smallest absolute Gasteiger partial charge is 0.0798 e. The lowest BCUT2D eigenvalue weighted by Crippen LogP contribution is -2.26. The molecule has 2 nitrogen and oxygen atoms in total. The van der Waals surface area contributed by atoms with Crippen molar-refractivity contribution in [1.82, 2.24) is 10.3 Å². The molecular weight excluding hydrogens is 224 g/mol. The molecular formula is C11H18N2S2. The summed E-state index contributed by atoms with van der Waals surface area (Å²) in [5.41, 5.74) is 3.12. The third-order valence-electron chi connectivity index (χ3n) is 2.78. The first-order valence-corrected chi connectivity index (χ1v) is 7.50.